The van der Waals surface area contributed by atoms with Gasteiger partial charge in [0.15, 0.2) is 0 Å². The van der Waals surface area contributed by atoms with E-state index in [1.165, 1.54) is 0 Å². The maximum absolute atomic E-state index is 14.2. The monoisotopic (exact) mass is 501 g/mol. The number of nitrogens with one attached hydrogen (secondary N) is 2. The van der Waals surface area contributed by atoms with E-state index in [0.29, 0.717) is 6.42 Å². The van der Waals surface area contributed by atoms with Crippen LogP contribution in [0.4, 0.5) is 4.79 Å². The molecule has 0 heterocycles. The first-order chi connectivity index (χ1) is 16.8. The lowest BCUT2D eigenvalue weighted by Crippen LogP contribution is -2.58. The highest BCUT2D eigenvalue weighted by Gasteiger charge is 2.42. The number of rotatable bonds is 11. The molecule has 1 fully saturated rings. The number of ether oxygens (including phenoxy) is 1. The molecule has 1 aromatic carbocycles. The summed E-state index contributed by atoms with van der Waals surface area (Å²) in [7, 11) is 0. The lowest BCUT2D eigenvalue weighted by Gasteiger charge is -2.44. The number of benzene rings is 1. The van der Waals surface area contributed by atoms with Gasteiger partial charge in [-0.3, -0.25) is 9.59 Å². The predicted octanol–water partition coefficient (Wildman–Crippen LogP) is 5.66. The van der Waals surface area contributed by atoms with Crippen molar-refractivity contribution in [3.8, 4) is 0 Å². The summed E-state index contributed by atoms with van der Waals surface area (Å²) in [6.07, 6.45) is 4.34. The van der Waals surface area contributed by atoms with Crippen LogP contribution in [0, 0.1) is 12.8 Å². The zero-order chi connectivity index (χ0) is 27.0. The van der Waals surface area contributed by atoms with Crippen LogP contribution in [0.1, 0.15) is 104 Å². The molecule has 202 valence electrons. The number of carbonyl (C=O) groups is 3. The third-order valence-corrected chi connectivity index (χ3v) is 6.54. The third kappa shape index (κ3) is 8.52. The highest BCUT2D eigenvalue weighted by Crippen LogP contribution is 2.35. The summed E-state index contributed by atoms with van der Waals surface area (Å²) >= 11 is 0. The van der Waals surface area contributed by atoms with E-state index in [9.17, 15) is 14.4 Å². The van der Waals surface area contributed by atoms with Crippen LogP contribution in [0.2, 0.25) is 0 Å². The van der Waals surface area contributed by atoms with Crippen LogP contribution in [0.15, 0.2) is 24.3 Å². The minimum Gasteiger partial charge on any atom is -0.444 e. The minimum atomic E-state index is -0.784. The molecule has 0 aliphatic heterocycles. The first-order valence-electron chi connectivity index (χ1n) is 13.5. The van der Waals surface area contributed by atoms with Gasteiger partial charge in [-0.15, -0.1) is 0 Å². The molecule has 1 aromatic rings. The van der Waals surface area contributed by atoms with Gasteiger partial charge < -0.3 is 20.3 Å². The molecule has 0 spiro atoms. The van der Waals surface area contributed by atoms with Crippen LogP contribution in [0.25, 0.3) is 0 Å². The van der Waals surface area contributed by atoms with E-state index in [1.807, 2.05) is 52.0 Å². The van der Waals surface area contributed by atoms with E-state index < -0.39 is 23.8 Å². The largest absolute Gasteiger partial charge is 0.444 e. The van der Waals surface area contributed by atoms with E-state index >= 15 is 0 Å². The van der Waals surface area contributed by atoms with Gasteiger partial charge in [-0.1, -0.05) is 51.5 Å². The molecule has 1 saturated carbocycles. The Labute approximate surface area is 217 Å². The standard InChI is InChI=1S/C29H47N3O4/c1-9-13-21(5)30-26(33)25(23-17-11-10-14-20(23)4)32(22-15-12-16-22)27(34)24(18-19(2)3)31-28(35)36-29(6,7)8/h10-11,14,17,19,21-22,24-25H,9,12-13,15-16,18H2,1-8H3,(H,30,33)(H,31,35). The second-order valence-corrected chi connectivity index (χ2v) is 11.6. The van der Waals surface area contributed by atoms with Crippen molar-refractivity contribution in [1.82, 2.24) is 15.5 Å². The van der Waals surface area contributed by atoms with E-state index in [4.69, 9.17) is 4.74 Å². The fraction of sp³-hybridized carbons (Fsp3) is 0.690. The number of aryl methyl sites for hydroxylation is 1. The van der Waals surface area contributed by atoms with Crippen LogP contribution < -0.4 is 10.6 Å². The van der Waals surface area contributed by atoms with Crippen molar-refractivity contribution in [1.29, 1.82) is 0 Å². The van der Waals surface area contributed by atoms with Gasteiger partial charge in [-0.25, -0.2) is 4.79 Å². The Morgan fingerprint density at radius 1 is 1.08 bits per heavy atom. The molecule has 36 heavy (non-hydrogen) atoms. The van der Waals surface area contributed by atoms with Gasteiger partial charge >= 0.3 is 6.09 Å². The van der Waals surface area contributed by atoms with Gasteiger partial charge in [0, 0.05) is 12.1 Å². The molecule has 1 aliphatic rings. The number of hydrogen-bond acceptors (Lipinski definition) is 4. The molecule has 2 N–H and O–H groups in total. The first-order valence-corrected chi connectivity index (χ1v) is 13.5. The highest BCUT2D eigenvalue weighted by atomic mass is 16.6. The van der Waals surface area contributed by atoms with Crippen molar-refractivity contribution in [3.05, 3.63) is 35.4 Å². The number of carbonyl (C=O) groups excluding carboxylic acids is 3. The van der Waals surface area contributed by atoms with E-state index in [1.54, 1.807) is 25.7 Å². The van der Waals surface area contributed by atoms with Gasteiger partial charge in [0.2, 0.25) is 11.8 Å². The fourth-order valence-corrected chi connectivity index (χ4v) is 4.64. The van der Waals surface area contributed by atoms with Gasteiger partial charge in [-0.05, 0) is 83.8 Å². The molecule has 3 amide bonds. The van der Waals surface area contributed by atoms with Gasteiger partial charge in [0.05, 0.1) is 0 Å². The smallest absolute Gasteiger partial charge is 0.408 e. The number of hydrogen-bond donors (Lipinski definition) is 2. The topological polar surface area (TPSA) is 87.7 Å². The summed E-state index contributed by atoms with van der Waals surface area (Å²) in [5, 5.41) is 5.98. The molecule has 7 nitrogen and oxygen atoms in total. The van der Waals surface area contributed by atoms with E-state index in [2.05, 4.69) is 17.6 Å². The summed E-state index contributed by atoms with van der Waals surface area (Å²) < 4.78 is 5.47. The maximum Gasteiger partial charge on any atom is 0.408 e. The van der Waals surface area contributed by atoms with Crippen molar-refractivity contribution in [2.75, 3.05) is 0 Å². The number of nitrogens with zero attached hydrogens (tertiary/aromatic N) is 1. The lowest BCUT2D eigenvalue weighted by atomic mass is 9.86. The molecular weight excluding hydrogens is 454 g/mol. The van der Waals surface area contributed by atoms with Gasteiger partial charge in [-0.2, -0.15) is 0 Å². The molecule has 2 rings (SSSR count). The number of alkyl carbamates (subject to hydrolysis) is 1. The van der Waals surface area contributed by atoms with Crippen LogP contribution in [0.5, 0.6) is 0 Å². The molecule has 0 radical (unpaired) electrons. The predicted molar refractivity (Wildman–Crippen MR) is 144 cm³/mol. The number of amides is 3. The Hall–Kier alpha value is -2.57. The maximum atomic E-state index is 14.2. The molecule has 0 aromatic heterocycles. The normalized spacial score (nSPS) is 16.5. The molecule has 7 heteroatoms. The third-order valence-electron chi connectivity index (χ3n) is 6.54. The molecular formula is C29H47N3O4. The van der Waals surface area contributed by atoms with E-state index in [0.717, 1.165) is 43.2 Å². The Morgan fingerprint density at radius 2 is 1.72 bits per heavy atom. The highest BCUT2D eigenvalue weighted by molar-refractivity contribution is 5.92. The lowest BCUT2D eigenvalue weighted by molar-refractivity contribution is -0.148. The fourth-order valence-electron chi connectivity index (χ4n) is 4.64. The van der Waals surface area contributed by atoms with Crippen LogP contribution in [-0.2, 0) is 14.3 Å². The van der Waals surface area contributed by atoms with Crippen molar-refractivity contribution in [3.63, 3.8) is 0 Å². The average molecular weight is 502 g/mol. The van der Waals surface area contributed by atoms with Crippen molar-refractivity contribution in [2.24, 2.45) is 5.92 Å². The zero-order valence-corrected chi connectivity index (χ0v) is 23.5. The molecule has 0 bridgehead atoms. The first kappa shape index (κ1) is 29.7. The zero-order valence-electron chi connectivity index (χ0n) is 23.5. The van der Waals surface area contributed by atoms with Crippen molar-refractivity contribution < 1.29 is 19.1 Å². The second kappa shape index (κ2) is 13.1. The Kier molecular flexibility index (Phi) is 10.8. The van der Waals surface area contributed by atoms with Gasteiger partial charge in [0.1, 0.15) is 17.7 Å². The summed E-state index contributed by atoms with van der Waals surface area (Å²) in [4.78, 5) is 42.5. The molecule has 3 unspecified atom stereocenters. The summed E-state index contributed by atoms with van der Waals surface area (Å²) in [5.74, 6) is -0.246. The molecule has 3 atom stereocenters. The summed E-state index contributed by atoms with van der Waals surface area (Å²) in [6.45, 7) is 15.5. The van der Waals surface area contributed by atoms with Crippen LogP contribution >= 0.6 is 0 Å². The van der Waals surface area contributed by atoms with Gasteiger partial charge in [0.25, 0.3) is 0 Å². The minimum absolute atomic E-state index is 0.00119. The Balaban J connectivity index is 2.49. The van der Waals surface area contributed by atoms with Crippen molar-refractivity contribution >= 4 is 17.9 Å². The van der Waals surface area contributed by atoms with Crippen molar-refractivity contribution in [2.45, 2.75) is 124 Å². The van der Waals surface area contributed by atoms with Crippen LogP contribution in [0.3, 0.4) is 0 Å². The second-order valence-electron chi connectivity index (χ2n) is 11.6. The Morgan fingerprint density at radius 3 is 2.22 bits per heavy atom. The van der Waals surface area contributed by atoms with Crippen LogP contribution in [-0.4, -0.2) is 46.5 Å². The van der Waals surface area contributed by atoms with E-state index in [-0.39, 0.29) is 29.8 Å². The summed E-state index contributed by atoms with van der Waals surface area (Å²) in [6, 6.07) is 6.15. The molecule has 0 saturated heterocycles. The SMILES string of the molecule is CCCC(C)NC(=O)C(c1ccccc1C)N(C(=O)C(CC(C)C)NC(=O)OC(C)(C)C)C1CCC1. The quantitative estimate of drug-likeness (QED) is 0.409. The Bertz CT molecular complexity index is 889. The summed E-state index contributed by atoms with van der Waals surface area (Å²) in [5.41, 5.74) is 1.10. The molecule has 1 aliphatic carbocycles. The average Bonchev–Trinajstić information content (AvgIpc) is 2.70.